The maximum Gasteiger partial charge on any atom is 0.272 e. The molecule has 3 amide bonds. The zero-order valence-electron chi connectivity index (χ0n) is 22.0. The van der Waals surface area contributed by atoms with Crippen molar-refractivity contribution in [2.24, 2.45) is 0 Å². The van der Waals surface area contributed by atoms with Gasteiger partial charge >= 0.3 is 0 Å². The molecule has 3 aliphatic heterocycles. The number of nitrogens with one attached hydrogen (secondary N) is 2. The number of fused-ring (bicyclic) bond motifs is 2. The van der Waals surface area contributed by atoms with Gasteiger partial charge in [-0.2, -0.15) is 0 Å². The summed E-state index contributed by atoms with van der Waals surface area (Å²) in [6.07, 6.45) is 0.165. The molecule has 9 nitrogen and oxygen atoms in total. The van der Waals surface area contributed by atoms with Gasteiger partial charge in [0.05, 0.1) is 30.4 Å². The van der Waals surface area contributed by atoms with Gasteiger partial charge in [-0.15, -0.1) is 0 Å². The second kappa shape index (κ2) is 10.6. The highest BCUT2D eigenvalue weighted by Crippen LogP contribution is 2.39. The Hall–Kier alpha value is -4.35. The molecule has 0 saturated carbocycles. The number of amides is 3. The van der Waals surface area contributed by atoms with E-state index in [0.717, 1.165) is 31.6 Å². The number of carbonyl (C=O) groups excluding carboxylic acids is 3. The minimum absolute atomic E-state index is 0.0680. The smallest absolute Gasteiger partial charge is 0.272 e. The van der Waals surface area contributed by atoms with E-state index in [1.165, 1.54) is 22.1 Å². The van der Waals surface area contributed by atoms with E-state index in [1.807, 2.05) is 12.1 Å². The molecule has 0 bridgehead atoms. The summed E-state index contributed by atoms with van der Waals surface area (Å²) in [6, 6.07) is 15.5. The van der Waals surface area contributed by atoms with Crippen LogP contribution in [0.2, 0.25) is 0 Å². The fourth-order valence-electron chi connectivity index (χ4n) is 5.49. The number of β-amino-alcohol motifs (C(OH)–C–C–N with tert-alkyl or cyclic N) is 1. The Labute approximate surface area is 234 Å². The molecule has 1 spiro atoms. The second-order valence-electron chi connectivity index (χ2n) is 10.7. The number of anilines is 1. The lowest BCUT2D eigenvalue weighted by Crippen LogP contribution is -2.72. The van der Waals surface area contributed by atoms with Gasteiger partial charge in [-0.05, 0) is 47.9 Å². The van der Waals surface area contributed by atoms with E-state index in [1.54, 1.807) is 12.1 Å². The Morgan fingerprint density at radius 3 is 2.63 bits per heavy atom. The van der Waals surface area contributed by atoms with E-state index in [-0.39, 0.29) is 30.8 Å². The van der Waals surface area contributed by atoms with Crippen molar-refractivity contribution in [3.8, 4) is 5.75 Å². The number of carbonyl (C=O) groups is 3. The minimum atomic E-state index is -1.35. The van der Waals surface area contributed by atoms with Crippen molar-refractivity contribution in [1.29, 1.82) is 0 Å². The van der Waals surface area contributed by atoms with Crippen molar-refractivity contribution in [2.45, 2.75) is 24.7 Å². The SMILES string of the molecule is O=C(NCC(O)CN1CCc2ccccc2C1)c1ccc2c(c1)NC(=O)C1(CN(C(=O)c3ccc(F)cc3F)C1)O2. The van der Waals surface area contributed by atoms with Crippen molar-refractivity contribution in [1.82, 2.24) is 15.1 Å². The second-order valence-corrected chi connectivity index (χ2v) is 10.7. The fraction of sp³-hybridized carbons (Fsp3) is 0.300. The maximum atomic E-state index is 14.0. The summed E-state index contributed by atoms with van der Waals surface area (Å²) in [6.45, 7) is 1.86. The number of halogens is 2. The van der Waals surface area contributed by atoms with Crippen LogP contribution >= 0.6 is 0 Å². The lowest BCUT2D eigenvalue weighted by atomic mass is 9.90. The van der Waals surface area contributed by atoms with Crippen molar-refractivity contribution < 1.29 is 33.0 Å². The van der Waals surface area contributed by atoms with E-state index >= 15 is 0 Å². The average molecular weight is 563 g/mol. The molecule has 3 N–H and O–H groups in total. The number of hydrogen-bond donors (Lipinski definition) is 3. The number of benzene rings is 3. The summed E-state index contributed by atoms with van der Waals surface area (Å²) in [5.74, 6) is -3.03. The van der Waals surface area contributed by atoms with Crippen LogP contribution in [0.25, 0.3) is 0 Å². The lowest BCUT2D eigenvalue weighted by Gasteiger charge is -2.49. The monoisotopic (exact) mass is 562 g/mol. The first-order chi connectivity index (χ1) is 19.7. The highest BCUT2D eigenvalue weighted by Gasteiger charge is 2.56. The first-order valence-corrected chi connectivity index (χ1v) is 13.3. The van der Waals surface area contributed by atoms with Crippen LogP contribution in [0.5, 0.6) is 5.75 Å². The van der Waals surface area contributed by atoms with Crippen LogP contribution in [0, 0.1) is 11.6 Å². The Bertz CT molecular complexity index is 1540. The number of ether oxygens (including phenoxy) is 1. The van der Waals surface area contributed by atoms with Gasteiger partial charge in [-0.25, -0.2) is 8.78 Å². The normalized spacial score (nSPS) is 17.9. The van der Waals surface area contributed by atoms with Crippen molar-refractivity contribution in [2.75, 3.05) is 38.0 Å². The number of nitrogens with zero attached hydrogens (tertiary/aromatic N) is 2. The summed E-state index contributed by atoms with van der Waals surface area (Å²) < 4.78 is 33.2. The van der Waals surface area contributed by atoms with Crippen LogP contribution in [0.15, 0.2) is 60.7 Å². The van der Waals surface area contributed by atoms with E-state index in [2.05, 4.69) is 27.7 Å². The molecule has 0 aromatic heterocycles. The first-order valence-electron chi connectivity index (χ1n) is 13.3. The summed E-state index contributed by atoms with van der Waals surface area (Å²) in [4.78, 5) is 41.7. The van der Waals surface area contributed by atoms with Gasteiger partial charge in [0.25, 0.3) is 17.7 Å². The van der Waals surface area contributed by atoms with E-state index < -0.39 is 41.1 Å². The predicted molar refractivity (Wildman–Crippen MR) is 144 cm³/mol. The molecule has 41 heavy (non-hydrogen) atoms. The van der Waals surface area contributed by atoms with Gasteiger partial charge in [0.1, 0.15) is 17.4 Å². The molecule has 212 valence electrons. The highest BCUT2D eigenvalue weighted by molar-refractivity contribution is 6.05. The molecular weight excluding hydrogens is 534 g/mol. The quantitative estimate of drug-likeness (QED) is 0.426. The lowest BCUT2D eigenvalue weighted by molar-refractivity contribution is -0.145. The molecule has 6 rings (SSSR count). The van der Waals surface area contributed by atoms with Gasteiger partial charge in [0, 0.05) is 37.8 Å². The third kappa shape index (κ3) is 5.25. The molecule has 1 atom stereocenters. The summed E-state index contributed by atoms with van der Waals surface area (Å²) in [7, 11) is 0. The molecule has 0 aliphatic carbocycles. The number of aliphatic hydroxyl groups excluding tert-OH is 1. The molecule has 3 heterocycles. The van der Waals surface area contributed by atoms with Gasteiger partial charge in [-0.3, -0.25) is 19.3 Å². The number of likely N-dealkylation sites (tertiary alicyclic amines) is 1. The molecule has 0 radical (unpaired) electrons. The number of aliphatic hydroxyl groups is 1. The minimum Gasteiger partial charge on any atom is -0.471 e. The molecular formula is C30H28F2N4O5. The molecule has 11 heteroatoms. The summed E-state index contributed by atoms with van der Waals surface area (Å²) >= 11 is 0. The molecule has 1 unspecified atom stereocenters. The van der Waals surface area contributed by atoms with Crippen LogP contribution in [-0.2, 0) is 17.8 Å². The van der Waals surface area contributed by atoms with Crippen molar-refractivity contribution in [3.05, 3.63) is 94.6 Å². The van der Waals surface area contributed by atoms with Crippen molar-refractivity contribution in [3.63, 3.8) is 0 Å². The van der Waals surface area contributed by atoms with Gasteiger partial charge in [-0.1, -0.05) is 24.3 Å². The maximum absolute atomic E-state index is 14.0. The first kappa shape index (κ1) is 26.9. The molecule has 1 saturated heterocycles. The Balaban J connectivity index is 1.03. The molecule has 1 fully saturated rings. The average Bonchev–Trinajstić information content (AvgIpc) is 2.93. The summed E-state index contributed by atoms with van der Waals surface area (Å²) in [5, 5.41) is 16.0. The van der Waals surface area contributed by atoms with Crippen molar-refractivity contribution >= 4 is 23.4 Å². The fourth-order valence-corrected chi connectivity index (χ4v) is 5.49. The molecule has 3 aromatic carbocycles. The van der Waals surface area contributed by atoms with E-state index in [0.29, 0.717) is 24.0 Å². The standard InChI is InChI=1S/C30H28F2N4O5/c31-21-6-7-23(24(32)12-21)28(39)36-16-30(17-36)29(40)34-25-11-19(5-8-26(25)41-30)27(38)33-13-22(37)15-35-10-9-18-3-1-2-4-20(18)14-35/h1-8,11-12,22,37H,9-10,13-17H2,(H,33,38)(H,34,40). The summed E-state index contributed by atoms with van der Waals surface area (Å²) in [5.41, 5.74) is 1.51. The predicted octanol–water partition coefficient (Wildman–Crippen LogP) is 2.34. The third-order valence-corrected chi connectivity index (χ3v) is 7.73. The number of hydrogen-bond acceptors (Lipinski definition) is 6. The van der Waals surface area contributed by atoms with Crippen LogP contribution in [0.3, 0.4) is 0 Å². The zero-order chi connectivity index (χ0) is 28.7. The van der Waals surface area contributed by atoms with Crippen LogP contribution < -0.4 is 15.4 Å². The Kier molecular flexibility index (Phi) is 6.92. The van der Waals surface area contributed by atoms with E-state index in [9.17, 15) is 28.3 Å². The number of rotatable bonds is 6. The zero-order valence-corrected chi connectivity index (χ0v) is 22.0. The Morgan fingerprint density at radius 2 is 1.85 bits per heavy atom. The van der Waals surface area contributed by atoms with Crippen LogP contribution in [0.4, 0.5) is 14.5 Å². The highest BCUT2D eigenvalue weighted by atomic mass is 19.1. The van der Waals surface area contributed by atoms with Gasteiger partial charge in [0.15, 0.2) is 0 Å². The third-order valence-electron chi connectivity index (χ3n) is 7.73. The largest absolute Gasteiger partial charge is 0.471 e. The Morgan fingerprint density at radius 1 is 1.07 bits per heavy atom. The van der Waals surface area contributed by atoms with Crippen LogP contribution in [-0.4, -0.2) is 77.1 Å². The van der Waals surface area contributed by atoms with Crippen LogP contribution in [0.1, 0.15) is 31.8 Å². The topological polar surface area (TPSA) is 111 Å². The van der Waals surface area contributed by atoms with E-state index in [4.69, 9.17) is 4.74 Å². The van der Waals surface area contributed by atoms with Gasteiger partial charge < -0.3 is 25.4 Å². The molecule has 3 aliphatic rings. The van der Waals surface area contributed by atoms with Gasteiger partial charge in [0.2, 0.25) is 5.60 Å². The molecule has 3 aromatic rings.